The second kappa shape index (κ2) is 13.3. The van der Waals surface area contributed by atoms with Crippen LogP contribution in [0, 0.1) is 20.8 Å². The summed E-state index contributed by atoms with van der Waals surface area (Å²) in [6.45, 7) is 6.64. The number of hydrogen-bond donors (Lipinski definition) is 1. The molecular formula is C31H29F5N6O2S. The predicted molar refractivity (Wildman–Crippen MR) is 163 cm³/mol. The van der Waals surface area contributed by atoms with Crippen molar-refractivity contribution >= 4 is 28.6 Å². The van der Waals surface area contributed by atoms with Gasteiger partial charge in [-0.2, -0.15) is 4.99 Å². The summed E-state index contributed by atoms with van der Waals surface area (Å²) in [6.07, 6.45) is -7.06. The Labute approximate surface area is 260 Å². The van der Waals surface area contributed by atoms with E-state index < -0.39 is 24.9 Å². The number of aryl methyl sites for hydroxylation is 3. The molecule has 1 fully saturated rings. The predicted octanol–water partition coefficient (Wildman–Crippen LogP) is 7.77. The zero-order chi connectivity index (χ0) is 32.3. The first-order valence-electron chi connectivity index (χ1n) is 13.9. The van der Waals surface area contributed by atoms with Crippen LogP contribution in [-0.2, 0) is 0 Å². The van der Waals surface area contributed by atoms with Gasteiger partial charge in [0.25, 0.3) is 0 Å². The Balaban J connectivity index is 1.23. The number of carbonyl (C=O) groups excluding carboxylic acids is 1. The van der Waals surface area contributed by atoms with Gasteiger partial charge in [-0.05, 0) is 68.1 Å². The lowest BCUT2D eigenvalue weighted by atomic mass is 10.0. The average molecular weight is 645 g/mol. The van der Waals surface area contributed by atoms with E-state index in [1.54, 1.807) is 0 Å². The molecule has 2 heterocycles. The topological polar surface area (TPSA) is 84.6 Å². The van der Waals surface area contributed by atoms with Gasteiger partial charge in [0, 0.05) is 23.5 Å². The van der Waals surface area contributed by atoms with Crippen LogP contribution in [0.5, 0.6) is 5.75 Å². The second-order valence-corrected chi connectivity index (χ2v) is 11.5. The quantitative estimate of drug-likeness (QED) is 0.164. The van der Waals surface area contributed by atoms with E-state index in [0.29, 0.717) is 23.0 Å². The molecule has 14 heteroatoms. The van der Waals surface area contributed by atoms with Gasteiger partial charge >= 0.3 is 12.4 Å². The lowest BCUT2D eigenvalue weighted by molar-refractivity contribution is -0.274. The first kappa shape index (κ1) is 31.9. The fourth-order valence-electron chi connectivity index (χ4n) is 5.07. The summed E-state index contributed by atoms with van der Waals surface area (Å²) >= 11 is 1.39. The molecule has 3 aromatic carbocycles. The standard InChI is InChI=1S/C31H29F5N6O2S/c1-18-15-19(2)26(20(3)16-18)41-13-4-14-45-30(41)39-29(43)38-27(33)25(32)21-5-7-22(8-6-21)28-37-17-42(40-28)23-9-11-24(12-10-23)44-31(34,35)36/h5-12,15-17,25,27H,4,13-14H2,1-3H3,(H,38,43). The molecular weight excluding hydrogens is 615 g/mol. The molecule has 2 unspecified atom stereocenters. The van der Waals surface area contributed by atoms with Crippen LogP contribution in [-0.4, -0.2) is 50.9 Å². The zero-order valence-corrected chi connectivity index (χ0v) is 25.3. The van der Waals surface area contributed by atoms with Crippen LogP contribution < -0.4 is 15.0 Å². The van der Waals surface area contributed by atoms with Crippen molar-refractivity contribution in [3.63, 3.8) is 0 Å². The highest BCUT2D eigenvalue weighted by Crippen LogP contribution is 2.32. The summed E-state index contributed by atoms with van der Waals surface area (Å²) in [5, 5.41) is 6.74. The smallest absolute Gasteiger partial charge is 0.406 e. The number of amides is 2. The number of aliphatic imine (C=N–C) groups is 1. The molecule has 2 amide bonds. The van der Waals surface area contributed by atoms with Crippen LogP contribution in [0.4, 0.5) is 32.4 Å². The van der Waals surface area contributed by atoms with Gasteiger partial charge in [0.05, 0.1) is 5.69 Å². The summed E-state index contributed by atoms with van der Waals surface area (Å²) in [7, 11) is 0. The highest BCUT2D eigenvalue weighted by Gasteiger charge is 2.31. The number of halogens is 5. The van der Waals surface area contributed by atoms with E-state index in [-0.39, 0.29) is 17.1 Å². The Kier molecular flexibility index (Phi) is 9.42. The molecule has 1 N–H and O–H groups in total. The van der Waals surface area contributed by atoms with Crippen LogP contribution in [0.15, 0.2) is 72.0 Å². The van der Waals surface area contributed by atoms with Crippen molar-refractivity contribution in [2.24, 2.45) is 4.99 Å². The van der Waals surface area contributed by atoms with Crippen molar-refractivity contribution in [2.75, 3.05) is 17.2 Å². The summed E-state index contributed by atoms with van der Waals surface area (Å²) in [6, 6.07) is 13.9. The van der Waals surface area contributed by atoms with Crippen molar-refractivity contribution in [1.82, 2.24) is 20.1 Å². The number of nitrogens with zero attached hydrogens (tertiary/aromatic N) is 5. The normalized spacial score (nSPS) is 16.0. The van der Waals surface area contributed by atoms with E-state index in [4.69, 9.17) is 0 Å². The Bertz CT molecular complexity index is 1670. The van der Waals surface area contributed by atoms with Crippen LogP contribution in [0.25, 0.3) is 17.1 Å². The number of alkyl halides is 5. The SMILES string of the molecule is Cc1cc(C)c(N2CCCSC2=NC(=O)NC(F)C(F)c2ccc(-c3ncn(-c4ccc(OC(F)(F)F)cc4)n3)cc2)c(C)c1. The highest BCUT2D eigenvalue weighted by molar-refractivity contribution is 8.14. The molecule has 1 aliphatic rings. The number of thioether (sulfide) groups is 1. The minimum Gasteiger partial charge on any atom is -0.406 e. The summed E-state index contributed by atoms with van der Waals surface area (Å²) in [4.78, 5) is 22.9. The number of aromatic nitrogens is 3. The number of carbonyl (C=O) groups is 1. The molecule has 1 saturated heterocycles. The average Bonchev–Trinajstić information content (AvgIpc) is 3.47. The number of rotatable bonds is 7. The Morgan fingerprint density at radius 2 is 1.69 bits per heavy atom. The van der Waals surface area contributed by atoms with Crippen molar-refractivity contribution in [1.29, 1.82) is 0 Å². The first-order chi connectivity index (χ1) is 21.4. The minimum atomic E-state index is -4.80. The fraction of sp³-hybridized carbons (Fsp3) is 0.290. The van der Waals surface area contributed by atoms with Gasteiger partial charge in [0.15, 0.2) is 17.2 Å². The fourth-order valence-corrected chi connectivity index (χ4v) is 6.02. The molecule has 5 rings (SSSR count). The molecule has 1 aromatic heterocycles. The summed E-state index contributed by atoms with van der Waals surface area (Å²) in [5.41, 5.74) is 5.05. The molecule has 0 spiro atoms. The maximum atomic E-state index is 15.1. The van der Waals surface area contributed by atoms with E-state index in [1.165, 1.54) is 59.2 Å². The van der Waals surface area contributed by atoms with E-state index in [2.05, 4.69) is 31.9 Å². The van der Waals surface area contributed by atoms with Gasteiger partial charge in [0.2, 0.25) is 6.30 Å². The van der Waals surface area contributed by atoms with E-state index in [0.717, 1.165) is 46.7 Å². The number of ether oxygens (including phenoxy) is 1. The zero-order valence-electron chi connectivity index (χ0n) is 24.5. The molecule has 8 nitrogen and oxygen atoms in total. The lowest BCUT2D eigenvalue weighted by Gasteiger charge is -2.32. The van der Waals surface area contributed by atoms with Gasteiger partial charge < -0.3 is 15.0 Å². The molecule has 45 heavy (non-hydrogen) atoms. The van der Waals surface area contributed by atoms with Gasteiger partial charge in [-0.1, -0.05) is 53.7 Å². The molecule has 236 valence electrons. The second-order valence-electron chi connectivity index (χ2n) is 10.4. The molecule has 1 aliphatic heterocycles. The Morgan fingerprint density at radius 3 is 2.33 bits per heavy atom. The third-order valence-electron chi connectivity index (χ3n) is 6.92. The molecule has 2 atom stereocenters. The molecule has 0 radical (unpaired) electrons. The number of hydrogen-bond acceptors (Lipinski definition) is 5. The first-order valence-corrected chi connectivity index (χ1v) is 14.9. The number of benzene rings is 3. The molecule has 0 saturated carbocycles. The molecule has 0 bridgehead atoms. The van der Waals surface area contributed by atoms with Gasteiger partial charge in [0.1, 0.15) is 12.1 Å². The summed E-state index contributed by atoms with van der Waals surface area (Å²) < 4.78 is 72.4. The van der Waals surface area contributed by atoms with Gasteiger partial charge in [-0.15, -0.1) is 18.3 Å². The lowest BCUT2D eigenvalue weighted by Crippen LogP contribution is -2.38. The van der Waals surface area contributed by atoms with Crippen LogP contribution in [0.2, 0.25) is 0 Å². The minimum absolute atomic E-state index is 0.0153. The van der Waals surface area contributed by atoms with Crippen molar-refractivity contribution in [2.45, 2.75) is 46.0 Å². The van der Waals surface area contributed by atoms with Gasteiger partial charge in [-0.3, -0.25) is 0 Å². The van der Waals surface area contributed by atoms with Gasteiger partial charge in [-0.25, -0.2) is 23.2 Å². The molecule has 4 aromatic rings. The summed E-state index contributed by atoms with van der Waals surface area (Å²) in [5.74, 6) is 0.627. The van der Waals surface area contributed by atoms with Crippen molar-refractivity contribution in [3.8, 4) is 22.8 Å². The van der Waals surface area contributed by atoms with E-state index in [1.807, 2.05) is 31.0 Å². The monoisotopic (exact) mass is 644 g/mol. The maximum absolute atomic E-state index is 15.1. The van der Waals surface area contributed by atoms with Crippen molar-refractivity contribution < 1.29 is 31.5 Å². The Hall–Kier alpha value is -4.46. The van der Waals surface area contributed by atoms with Crippen LogP contribution in [0.3, 0.4) is 0 Å². The number of anilines is 1. The highest BCUT2D eigenvalue weighted by atomic mass is 32.2. The number of amidine groups is 1. The maximum Gasteiger partial charge on any atom is 0.573 e. The van der Waals surface area contributed by atoms with E-state index >= 15 is 4.39 Å². The molecule has 0 aliphatic carbocycles. The van der Waals surface area contributed by atoms with Crippen LogP contribution in [0.1, 0.15) is 34.8 Å². The van der Waals surface area contributed by atoms with Crippen molar-refractivity contribution in [3.05, 3.63) is 89.2 Å². The third-order valence-corrected chi connectivity index (χ3v) is 7.99. The Morgan fingerprint density at radius 1 is 1.02 bits per heavy atom. The van der Waals surface area contributed by atoms with Crippen LogP contribution >= 0.6 is 11.8 Å². The number of urea groups is 1. The number of nitrogens with one attached hydrogen (secondary N) is 1. The largest absolute Gasteiger partial charge is 0.573 e. The third kappa shape index (κ3) is 7.80. The van der Waals surface area contributed by atoms with E-state index in [9.17, 15) is 22.4 Å².